The first-order valence-corrected chi connectivity index (χ1v) is 6.18. The molecule has 4 heteroatoms. The second-order valence-electron chi connectivity index (χ2n) is 4.73. The summed E-state index contributed by atoms with van der Waals surface area (Å²) >= 11 is 0. The molecular weight excluding hydrogens is 204 g/mol. The Labute approximate surface area is 95.3 Å². The molecule has 0 saturated carbocycles. The lowest BCUT2D eigenvalue weighted by Crippen LogP contribution is -2.28. The van der Waals surface area contributed by atoms with Crippen molar-refractivity contribution in [2.75, 3.05) is 19.7 Å². The number of piperidine rings is 1. The van der Waals surface area contributed by atoms with Crippen molar-refractivity contribution in [3.63, 3.8) is 0 Å². The molecular formula is C12H18N2O2. The van der Waals surface area contributed by atoms with Gasteiger partial charge in [0.25, 0.3) is 0 Å². The van der Waals surface area contributed by atoms with E-state index in [9.17, 15) is 0 Å². The van der Waals surface area contributed by atoms with Gasteiger partial charge in [-0.1, -0.05) is 5.16 Å². The average Bonchev–Trinajstić information content (AvgIpc) is 2.74. The minimum absolute atomic E-state index is 0.694. The summed E-state index contributed by atoms with van der Waals surface area (Å²) in [4.78, 5) is 0. The van der Waals surface area contributed by atoms with Gasteiger partial charge in [0.2, 0.25) is 0 Å². The molecule has 2 aliphatic heterocycles. The zero-order valence-electron chi connectivity index (χ0n) is 9.50. The molecule has 0 aromatic carbocycles. The topological polar surface area (TPSA) is 47.3 Å². The molecule has 0 bridgehead atoms. The smallest absolute Gasteiger partial charge is 0.142 e. The van der Waals surface area contributed by atoms with E-state index < -0.39 is 0 Å². The third kappa shape index (κ3) is 1.99. The fraction of sp³-hybridized carbons (Fsp3) is 0.750. The van der Waals surface area contributed by atoms with E-state index in [1.807, 2.05) is 0 Å². The molecule has 1 saturated heterocycles. The zero-order chi connectivity index (χ0) is 10.8. The average molecular weight is 222 g/mol. The number of nitrogens with one attached hydrogen (secondary N) is 1. The lowest BCUT2D eigenvalue weighted by molar-refractivity contribution is 0.109. The Hall–Kier alpha value is -0.870. The van der Waals surface area contributed by atoms with E-state index in [4.69, 9.17) is 9.26 Å². The molecule has 4 nitrogen and oxygen atoms in total. The van der Waals surface area contributed by atoms with Crippen molar-refractivity contribution >= 4 is 0 Å². The van der Waals surface area contributed by atoms with Crippen LogP contribution in [-0.4, -0.2) is 24.9 Å². The van der Waals surface area contributed by atoms with Crippen LogP contribution in [0.1, 0.15) is 29.9 Å². The second kappa shape index (κ2) is 4.55. The standard InChI is InChI=1S/C12H18N2O2/c1-4-13-5-2-9(1)7-12-10-8-15-6-3-11(10)14-16-12/h9,13H,1-8H2. The molecule has 88 valence electrons. The van der Waals surface area contributed by atoms with Crippen LogP contribution in [0.25, 0.3) is 0 Å². The van der Waals surface area contributed by atoms with E-state index in [1.165, 1.54) is 18.4 Å². The first kappa shape index (κ1) is 10.3. The summed E-state index contributed by atoms with van der Waals surface area (Å²) in [7, 11) is 0. The number of aromatic nitrogens is 1. The van der Waals surface area contributed by atoms with Gasteiger partial charge in [-0.2, -0.15) is 0 Å². The zero-order valence-corrected chi connectivity index (χ0v) is 9.50. The first-order chi connectivity index (χ1) is 7.93. The second-order valence-corrected chi connectivity index (χ2v) is 4.73. The van der Waals surface area contributed by atoms with Crippen LogP contribution in [0.15, 0.2) is 4.52 Å². The Morgan fingerprint density at radius 1 is 1.31 bits per heavy atom. The van der Waals surface area contributed by atoms with Crippen molar-refractivity contribution in [2.24, 2.45) is 5.92 Å². The summed E-state index contributed by atoms with van der Waals surface area (Å²) < 4.78 is 10.9. The Balaban J connectivity index is 1.71. The minimum Gasteiger partial charge on any atom is -0.376 e. The molecule has 0 radical (unpaired) electrons. The van der Waals surface area contributed by atoms with Crippen LogP contribution >= 0.6 is 0 Å². The lowest BCUT2D eigenvalue weighted by atomic mass is 9.92. The Bertz CT molecular complexity index is 356. The number of hydrogen-bond donors (Lipinski definition) is 1. The van der Waals surface area contributed by atoms with Gasteiger partial charge in [-0.25, -0.2) is 0 Å². The molecule has 0 amide bonds. The van der Waals surface area contributed by atoms with Crippen molar-refractivity contribution in [3.8, 4) is 0 Å². The SMILES string of the molecule is C1CC(Cc2onc3c2COCC3)CCN1. The monoisotopic (exact) mass is 222 g/mol. The molecule has 0 aliphatic carbocycles. The highest BCUT2D eigenvalue weighted by Gasteiger charge is 2.23. The first-order valence-electron chi connectivity index (χ1n) is 6.18. The van der Waals surface area contributed by atoms with Crippen molar-refractivity contribution in [1.82, 2.24) is 10.5 Å². The van der Waals surface area contributed by atoms with Crippen LogP contribution in [0.2, 0.25) is 0 Å². The Morgan fingerprint density at radius 2 is 2.19 bits per heavy atom. The summed E-state index contributed by atoms with van der Waals surface area (Å²) in [6, 6.07) is 0. The van der Waals surface area contributed by atoms with Crippen LogP contribution in [0.4, 0.5) is 0 Å². The third-order valence-electron chi connectivity index (χ3n) is 3.61. The summed E-state index contributed by atoms with van der Waals surface area (Å²) in [5.74, 6) is 1.82. The van der Waals surface area contributed by atoms with Crippen molar-refractivity contribution in [1.29, 1.82) is 0 Å². The molecule has 1 aromatic rings. The van der Waals surface area contributed by atoms with Gasteiger partial charge in [-0.15, -0.1) is 0 Å². The minimum atomic E-state index is 0.694. The maximum atomic E-state index is 5.47. The van der Waals surface area contributed by atoms with Gasteiger partial charge >= 0.3 is 0 Å². The number of rotatable bonds is 2. The van der Waals surface area contributed by atoms with Gasteiger partial charge in [-0.3, -0.25) is 0 Å². The van der Waals surface area contributed by atoms with Crippen molar-refractivity contribution in [2.45, 2.75) is 32.3 Å². The molecule has 0 unspecified atom stereocenters. The fourth-order valence-electron chi connectivity index (χ4n) is 2.59. The molecule has 2 aliphatic rings. The molecule has 1 fully saturated rings. The third-order valence-corrected chi connectivity index (χ3v) is 3.61. The highest BCUT2D eigenvalue weighted by molar-refractivity contribution is 5.24. The maximum Gasteiger partial charge on any atom is 0.142 e. The Kier molecular flexibility index (Phi) is 2.93. The van der Waals surface area contributed by atoms with Crippen molar-refractivity contribution in [3.05, 3.63) is 17.0 Å². The number of hydrogen-bond acceptors (Lipinski definition) is 4. The predicted molar refractivity (Wildman–Crippen MR) is 59.2 cm³/mol. The normalized spacial score (nSPS) is 22.0. The van der Waals surface area contributed by atoms with Gasteiger partial charge in [0.05, 0.1) is 18.9 Å². The summed E-state index contributed by atoms with van der Waals surface area (Å²) in [5.41, 5.74) is 2.35. The van der Waals surface area contributed by atoms with Gasteiger partial charge < -0.3 is 14.6 Å². The summed E-state index contributed by atoms with van der Waals surface area (Å²) in [6.45, 7) is 3.75. The molecule has 16 heavy (non-hydrogen) atoms. The summed E-state index contributed by atoms with van der Waals surface area (Å²) in [6.07, 6.45) is 4.44. The Morgan fingerprint density at radius 3 is 3.06 bits per heavy atom. The highest BCUT2D eigenvalue weighted by Crippen LogP contribution is 2.25. The van der Waals surface area contributed by atoms with Crippen LogP contribution in [0.3, 0.4) is 0 Å². The van der Waals surface area contributed by atoms with Gasteiger partial charge in [0, 0.05) is 18.4 Å². The van der Waals surface area contributed by atoms with E-state index in [0.29, 0.717) is 6.61 Å². The maximum absolute atomic E-state index is 5.47. The predicted octanol–water partition coefficient (Wildman–Crippen LogP) is 1.29. The van der Waals surface area contributed by atoms with E-state index in [2.05, 4.69) is 10.5 Å². The van der Waals surface area contributed by atoms with E-state index in [1.54, 1.807) is 0 Å². The van der Waals surface area contributed by atoms with Gasteiger partial charge in [0.15, 0.2) is 0 Å². The molecule has 3 rings (SSSR count). The molecule has 0 atom stereocenters. The molecule has 0 spiro atoms. The fourth-order valence-corrected chi connectivity index (χ4v) is 2.59. The van der Waals surface area contributed by atoms with Crippen LogP contribution in [0.5, 0.6) is 0 Å². The van der Waals surface area contributed by atoms with E-state index in [0.717, 1.165) is 49.9 Å². The summed E-state index contributed by atoms with van der Waals surface area (Å²) in [5, 5.41) is 7.54. The number of fused-ring (bicyclic) bond motifs is 1. The lowest BCUT2D eigenvalue weighted by Gasteiger charge is -2.22. The molecule has 1 N–H and O–H groups in total. The van der Waals surface area contributed by atoms with Crippen LogP contribution in [0, 0.1) is 5.92 Å². The number of nitrogens with zero attached hydrogens (tertiary/aromatic N) is 1. The van der Waals surface area contributed by atoms with E-state index >= 15 is 0 Å². The van der Waals surface area contributed by atoms with Crippen LogP contribution < -0.4 is 5.32 Å². The molecule has 3 heterocycles. The largest absolute Gasteiger partial charge is 0.376 e. The highest BCUT2D eigenvalue weighted by atomic mass is 16.5. The quantitative estimate of drug-likeness (QED) is 0.819. The van der Waals surface area contributed by atoms with Gasteiger partial charge in [-0.05, 0) is 31.8 Å². The van der Waals surface area contributed by atoms with Gasteiger partial charge in [0.1, 0.15) is 5.76 Å². The van der Waals surface area contributed by atoms with E-state index in [-0.39, 0.29) is 0 Å². The van der Waals surface area contributed by atoms with Crippen molar-refractivity contribution < 1.29 is 9.26 Å². The molecule has 1 aromatic heterocycles. The number of ether oxygens (including phenoxy) is 1. The van der Waals surface area contributed by atoms with Crippen LogP contribution in [-0.2, 0) is 24.2 Å².